The van der Waals surface area contributed by atoms with Crippen LogP contribution in [0.3, 0.4) is 0 Å². The number of thiol groups is 1. The van der Waals surface area contributed by atoms with Crippen LogP contribution in [0.1, 0.15) is 0 Å². The largest absolute Gasteiger partial charge is 0.248 e. The summed E-state index contributed by atoms with van der Waals surface area (Å²) in [4.78, 5) is 0. The van der Waals surface area contributed by atoms with Gasteiger partial charge in [0.05, 0.1) is 0 Å². The van der Waals surface area contributed by atoms with Crippen LogP contribution in [0, 0.1) is 0 Å². The molecule has 0 aliphatic rings. The van der Waals surface area contributed by atoms with Gasteiger partial charge in [0, 0.05) is 340 Å². The van der Waals surface area contributed by atoms with Gasteiger partial charge in [-0.15, -0.1) is 0 Å². The Kier molecular flexibility index (Phi) is 26.2. The molecule has 0 bridgehead atoms. The summed E-state index contributed by atoms with van der Waals surface area (Å²) >= 11 is 4.49. The maximum absolute atomic E-state index is 6.59. The highest BCUT2D eigenvalue weighted by Crippen LogP contribution is 2.22. The minimum absolute atomic E-state index is 1.06. The van der Waals surface area contributed by atoms with Gasteiger partial charge in [0.1, 0.15) is 5.77 Å². The Labute approximate surface area is 355 Å². The van der Waals surface area contributed by atoms with Gasteiger partial charge in [-0.05, 0) is 0 Å². The van der Waals surface area contributed by atoms with Crippen LogP contribution in [-0.2, 0) is 0 Å². The first kappa shape index (κ1) is 53.5. The lowest BCUT2D eigenvalue weighted by Crippen LogP contribution is -2.95. The van der Waals surface area contributed by atoms with Crippen molar-refractivity contribution >= 4 is 359 Å². The Bertz CT molecular complexity index is 738. The fraction of sp³-hybridized carbons (Fsp3) is 0. The van der Waals surface area contributed by atoms with Gasteiger partial charge in [0.15, 0.2) is 0 Å². The van der Waals surface area contributed by atoms with Crippen molar-refractivity contribution < 1.29 is 0 Å². The van der Waals surface area contributed by atoms with E-state index in [2.05, 4.69) is 12.5 Å². The highest BCUT2D eigenvalue weighted by Gasteiger charge is 2.60. The molecule has 50 heteroatoms. The zero-order chi connectivity index (χ0) is 39.9. The smallest absolute Gasteiger partial charge is 0.107 e. The maximum Gasteiger partial charge on any atom is 0.107 e. The summed E-state index contributed by atoms with van der Waals surface area (Å²) in [7, 11) is 161. The van der Waals surface area contributed by atoms with Gasteiger partial charge < -0.3 is 0 Å². The van der Waals surface area contributed by atoms with Gasteiger partial charge in [-0.1, -0.05) is 0 Å². The van der Waals surface area contributed by atoms with E-state index in [1.807, 2.05) is 0 Å². The normalized spacial score (nSPS) is 9.70. The van der Waals surface area contributed by atoms with Gasteiger partial charge in [-0.25, -0.2) is 12.5 Å². The minimum Gasteiger partial charge on any atom is -0.248 e. The van der Waals surface area contributed by atoms with Crippen LogP contribution in [-0.4, -0.2) is 346 Å². The molecule has 0 aliphatic carbocycles. The van der Waals surface area contributed by atoms with E-state index in [1.165, 1.54) is 0 Å². The summed E-state index contributed by atoms with van der Waals surface area (Å²) in [6.45, 7) is 0. The molecule has 0 amide bonds. The molecule has 0 aromatic carbocycles. The van der Waals surface area contributed by atoms with Gasteiger partial charge in [-0.2, -0.15) is 0 Å². The lowest BCUT2D eigenvalue weighted by molar-refractivity contribution is 3.19. The lowest BCUT2D eigenvalue weighted by Gasteiger charge is -2.57. The molecule has 0 aliphatic heterocycles. The van der Waals surface area contributed by atoms with Gasteiger partial charge in [0.25, 0.3) is 0 Å². The zero-order valence-corrected chi connectivity index (χ0v) is 29.6. The predicted octanol–water partition coefficient (Wildman–Crippen LogP) is -18.3. The molecule has 0 atom stereocenters. The highest BCUT2D eigenvalue weighted by molar-refractivity contribution is 8.38. The van der Waals surface area contributed by atoms with Crippen molar-refractivity contribution in [1.82, 2.24) is 0 Å². The second-order valence-corrected chi connectivity index (χ2v) is 14.4. The summed E-state index contributed by atoms with van der Waals surface area (Å²) < 4.78 is 0. The molecule has 0 fully saturated rings. The van der Waals surface area contributed by atoms with Crippen LogP contribution < -0.4 is 0 Å². The lowest BCUT2D eigenvalue weighted by atomic mass is 8.25. The topological polar surface area (TPSA) is 0 Å². The molecule has 50 radical (unpaired) electrons. The van der Waals surface area contributed by atoms with E-state index in [-0.39, 0.29) is 0 Å². The third-order valence-corrected chi connectivity index (χ3v) is 10.5. The first-order valence-corrected chi connectivity index (χ1v) is 16.8. The van der Waals surface area contributed by atoms with Crippen molar-refractivity contribution in [2.75, 3.05) is 0 Å². The second kappa shape index (κ2) is 24.5. The Balaban J connectivity index is 9.52. The maximum atomic E-state index is 6.59. The van der Waals surface area contributed by atoms with Gasteiger partial charge in [-0.3, -0.25) is 0 Å². The quantitative estimate of drug-likeness (QED) is 0.0929. The Morgan fingerprint density at radius 1 is 0.160 bits per heavy atom. The van der Waals surface area contributed by atoms with E-state index in [0.717, 1.165) is 0 Å². The first-order valence-electron chi connectivity index (χ1n) is 16.3. The zero-order valence-electron chi connectivity index (χ0n) is 28.7. The number of hydrogen-bond acceptors (Lipinski definition) is 1. The van der Waals surface area contributed by atoms with Crippen LogP contribution in [0.5, 0.6) is 0 Å². The van der Waals surface area contributed by atoms with Crippen molar-refractivity contribution in [3.05, 3.63) is 0 Å². The van der Waals surface area contributed by atoms with Gasteiger partial charge in [0.2, 0.25) is 0 Å². The van der Waals surface area contributed by atoms with E-state index in [4.69, 9.17) is 193 Å². The summed E-state index contributed by atoms with van der Waals surface area (Å²) in [5, 5.41) is 0. The molecule has 0 aromatic rings. The fourth-order valence-corrected chi connectivity index (χ4v) is 8.81. The third-order valence-electron chi connectivity index (χ3n) is 10.2. The van der Waals surface area contributed by atoms with Crippen LogP contribution in [0.15, 0.2) is 0 Å². The van der Waals surface area contributed by atoms with E-state index in [9.17, 15) is 0 Å². The molecule has 50 heavy (non-hydrogen) atoms. The molecule has 0 saturated heterocycles. The van der Waals surface area contributed by atoms with Crippen LogP contribution in [0.4, 0.5) is 0 Å². The summed E-state index contributed by atoms with van der Waals surface area (Å²) in [5.41, 5.74) is 0. The van der Waals surface area contributed by atoms with Crippen molar-refractivity contribution in [2.45, 2.75) is 0 Å². The standard InChI is InChI=1S/B49HS/c1-26(2)39(27(3)4)46(40(28(5)6)29(7)8)49(47(41(30(9)10)31(11)12)42(32(13)14)33(15)16)48(43(34(17)18)35(19)20)45(37(23)24)44(36(21)22)38(25)50/h50H. The average Bonchev–Trinajstić information content (AvgIpc) is 2.88. The summed E-state index contributed by atoms with van der Waals surface area (Å²) in [5.74, 6) is -1.10. The summed E-state index contributed by atoms with van der Waals surface area (Å²) in [6.07, 6.45) is -29.2. The Morgan fingerprint density at radius 2 is 0.280 bits per heavy atom. The highest BCUT2D eigenvalue weighted by atomic mass is 32.1. The molecule has 0 saturated carbocycles. The van der Waals surface area contributed by atoms with Crippen LogP contribution in [0.2, 0.25) is 0 Å². The predicted molar refractivity (Wildman–Crippen MR) is 291 cm³/mol. The van der Waals surface area contributed by atoms with Gasteiger partial charge >= 0.3 is 0 Å². The molecule has 0 rings (SSSR count). The average molecular weight is 563 g/mol. The van der Waals surface area contributed by atoms with Crippen LogP contribution in [0.25, 0.3) is 0 Å². The van der Waals surface area contributed by atoms with Crippen molar-refractivity contribution in [3.8, 4) is 0 Å². The third kappa shape index (κ3) is 14.4. The number of hydrogen-bond donors (Lipinski definition) is 1. The Hall–Kier alpha value is 3.53. The number of rotatable bonds is 23. The SMILES string of the molecule is [B]B([B])B(B([B])[B])B(B(B([B])[B])B([B])[B])B(B(B(B([B])[B])B([B])[B])B(B([B])[B])B([B])[B])B(B(B([B])[B])B([B])[B])B(B([B])[B])B(B([B])[B])B([B])S. The first-order chi connectivity index (χ1) is 22.7. The molecule has 0 spiro atoms. The molecular formula is HB49S. The van der Waals surface area contributed by atoms with E-state index >= 15 is 0 Å². The van der Waals surface area contributed by atoms with Crippen molar-refractivity contribution in [2.24, 2.45) is 0 Å². The second-order valence-electron chi connectivity index (χ2n) is 13.8. The molecule has 0 nitrogen and oxygen atoms in total. The molecule has 0 unspecified atom stereocenters. The fourth-order valence-electron chi connectivity index (χ4n) is 8.41. The van der Waals surface area contributed by atoms with E-state index in [1.54, 1.807) is 0 Å². The van der Waals surface area contributed by atoms with Crippen molar-refractivity contribution in [3.63, 3.8) is 0 Å². The molecule has 154 valence electrons. The van der Waals surface area contributed by atoms with Crippen molar-refractivity contribution in [1.29, 1.82) is 0 Å². The van der Waals surface area contributed by atoms with Crippen LogP contribution >= 0.6 is 12.5 Å². The monoisotopic (exact) mass is 572 g/mol. The minimum atomic E-state index is -1.36. The van der Waals surface area contributed by atoms with E-state index in [0.29, 0.717) is 0 Å². The molecule has 0 N–H and O–H groups in total. The molecule has 0 aromatic heterocycles. The summed E-state index contributed by atoms with van der Waals surface area (Å²) in [6, 6.07) is 0. The molecule has 0 heterocycles. The Morgan fingerprint density at radius 3 is 0.400 bits per heavy atom. The molecular weight excluding hydrogens is 562 g/mol. The van der Waals surface area contributed by atoms with E-state index < -0.39 is 153 Å².